The van der Waals surface area contributed by atoms with Gasteiger partial charge in [-0.1, -0.05) is 12.1 Å². The first-order chi connectivity index (χ1) is 10.1. The SMILES string of the molecule is OB(O)c1cc(CN(Cc2ccsc2)C2CC2)ccc1F. The Balaban J connectivity index is 1.75. The van der Waals surface area contributed by atoms with Crippen molar-refractivity contribution >= 4 is 23.9 Å². The summed E-state index contributed by atoms with van der Waals surface area (Å²) in [6.45, 7) is 1.57. The van der Waals surface area contributed by atoms with Crippen LogP contribution in [0.1, 0.15) is 24.0 Å². The fourth-order valence-electron chi connectivity index (χ4n) is 2.49. The van der Waals surface area contributed by atoms with Gasteiger partial charge >= 0.3 is 7.12 Å². The molecule has 0 atom stereocenters. The Morgan fingerprint density at radius 3 is 2.57 bits per heavy atom. The number of halogens is 1. The van der Waals surface area contributed by atoms with Crippen LogP contribution in [0.3, 0.4) is 0 Å². The summed E-state index contributed by atoms with van der Waals surface area (Å²) in [5.74, 6) is -0.579. The van der Waals surface area contributed by atoms with E-state index < -0.39 is 12.9 Å². The van der Waals surface area contributed by atoms with Crippen molar-refractivity contribution in [3.63, 3.8) is 0 Å². The molecule has 1 saturated carbocycles. The van der Waals surface area contributed by atoms with Crippen LogP contribution in [0, 0.1) is 5.82 Å². The van der Waals surface area contributed by atoms with Crippen molar-refractivity contribution in [2.75, 3.05) is 0 Å². The second-order valence-corrected chi connectivity index (χ2v) is 6.28. The smallest absolute Gasteiger partial charge is 0.423 e. The summed E-state index contributed by atoms with van der Waals surface area (Å²) in [7, 11) is -1.77. The molecule has 2 aromatic rings. The molecule has 0 amide bonds. The van der Waals surface area contributed by atoms with Crippen LogP contribution in [-0.4, -0.2) is 28.1 Å². The molecule has 21 heavy (non-hydrogen) atoms. The molecule has 3 nitrogen and oxygen atoms in total. The molecular weight excluding hydrogens is 288 g/mol. The van der Waals surface area contributed by atoms with E-state index in [1.807, 2.05) is 0 Å². The normalized spacial score (nSPS) is 14.7. The van der Waals surface area contributed by atoms with Crippen molar-refractivity contribution in [1.29, 1.82) is 0 Å². The lowest BCUT2D eigenvalue weighted by atomic mass is 9.79. The molecule has 1 fully saturated rings. The predicted molar refractivity (Wildman–Crippen MR) is 82.8 cm³/mol. The van der Waals surface area contributed by atoms with Crippen molar-refractivity contribution in [1.82, 2.24) is 4.90 Å². The summed E-state index contributed by atoms with van der Waals surface area (Å²) in [5, 5.41) is 22.6. The van der Waals surface area contributed by atoms with Gasteiger partial charge < -0.3 is 10.0 Å². The fraction of sp³-hybridized carbons (Fsp3) is 0.333. The molecule has 0 radical (unpaired) electrons. The van der Waals surface area contributed by atoms with E-state index in [4.69, 9.17) is 0 Å². The maximum Gasteiger partial charge on any atom is 0.491 e. The Hall–Kier alpha value is -1.21. The summed E-state index contributed by atoms with van der Waals surface area (Å²) in [6.07, 6.45) is 2.39. The molecule has 6 heteroatoms. The van der Waals surface area contributed by atoms with Crippen LogP contribution in [-0.2, 0) is 13.1 Å². The summed E-state index contributed by atoms with van der Waals surface area (Å²) < 4.78 is 13.5. The van der Waals surface area contributed by atoms with E-state index in [-0.39, 0.29) is 5.46 Å². The highest BCUT2D eigenvalue weighted by atomic mass is 32.1. The standard InChI is InChI=1S/C15H17BFNO2S/c17-15-4-1-11(7-14(15)16(19)20)8-18(13-2-3-13)9-12-5-6-21-10-12/h1,4-7,10,13,19-20H,2-3,8-9H2. The molecule has 0 aliphatic heterocycles. The van der Waals surface area contributed by atoms with Crippen molar-refractivity contribution < 1.29 is 14.4 Å². The van der Waals surface area contributed by atoms with E-state index in [0.29, 0.717) is 12.6 Å². The van der Waals surface area contributed by atoms with Crippen LogP contribution in [0.15, 0.2) is 35.0 Å². The minimum Gasteiger partial charge on any atom is -0.423 e. The molecule has 0 saturated heterocycles. The average Bonchev–Trinajstić information content (AvgIpc) is 3.18. The van der Waals surface area contributed by atoms with Crippen molar-refractivity contribution in [3.8, 4) is 0 Å². The Morgan fingerprint density at radius 1 is 1.19 bits per heavy atom. The summed E-state index contributed by atoms with van der Waals surface area (Å²) in [6, 6.07) is 7.26. The van der Waals surface area contributed by atoms with Crippen molar-refractivity contribution in [2.24, 2.45) is 0 Å². The zero-order valence-corrected chi connectivity index (χ0v) is 12.4. The monoisotopic (exact) mass is 305 g/mol. The largest absolute Gasteiger partial charge is 0.491 e. The summed E-state index contributed by atoms with van der Waals surface area (Å²) in [5.41, 5.74) is 2.14. The second kappa shape index (κ2) is 6.28. The van der Waals surface area contributed by atoms with Gasteiger partial charge in [0.15, 0.2) is 0 Å². The summed E-state index contributed by atoms with van der Waals surface area (Å²) >= 11 is 1.69. The highest BCUT2D eigenvalue weighted by Gasteiger charge is 2.29. The Morgan fingerprint density at radius 2 is 1.95 bits per heavy atom. The van der Waals surface area contributed by atoms with E-state index in [2.05, 4.69) is 21.7 Å². The third-order valence-electron chi connectivity index (χ3n) is 3.75. The molecule has 1 aromatic carbocycles. The van der Waals surface area contributed by atoms with Crippen LogP contribution in [0.5, 0.6) is 0 Å². The molecule has 2 N–H and O–H groups in total. The van der Waals surface area contributed by atoms with Crippen LogP contribution in [0.4, 0.5) is 4.39 Å². The molecular formula is C15H17BFNO2S. The number of rotatable bonds is 6. The topological polar surface area (TPSA) is 43.7 Å². The molecule has 1 aromatic heterocycles. The van der Waals surface area contributed by atoms with Gasteiger partial charge in [0.1, 0.15) is 5.82 Å². The van der Waals surface area contributed by atoms with Crippen molar-refractivity contribution in [2.45, 2.75) is 32.0 Å². The molecule has 3 rings (SSSR count). The first-order valence-electron chi connectivity index (χ1n) is 7.03. The van der Waals surface area contributed by atoms with Crippen LogP contribution < -0.4 is 5.46 Å². The first kappa shape index (κ1) is 14.7. The first-order valence-corrected chi connectivity index (χ1v) is 7.97. The van der Waals surface area contributed by atoms with Gasteiger partial charge in [0.2, 0.25) is 0 Å². The van der Waals surface area contributed by atoms with Gasteiger partial charge in [-0.25, -0.2) is 4.39 Å². The molecule has 0 bridgehead atoms. The fourth-order valence-corrected chi connectivity index (χ4v) is 3.15. The van der Waals surface area contributed by atoms with E-state index in [9.17, 15) is 14.4 Å². The number of hydrogen-bond acceptors (Lipinski definition) is 4. The number of nitrogens with zero attached hydrogens (tertiary/aromatic N) is 1. The molecule has 1 aliphatic rings. The average molecular weight is 305 g/mol. The third kappa shape index (κ3) is 3.71. The van der Waals surface area contributed by atoms with E-state index in [0.717, 1.165) is 12.1 Å². The Labute approximate surface area is 127 Å². The number of benzene rings is 1. The number of hydrogen-bond donors (Lipinski definition) is 2. The lowest BCUT2D eigenvalue weighted by molar-refractivity contribution is 0.246. The highest BCUT2D eigenvalue weighted by molar-refractivity contribution is 7.07. The van der Waals surface area contributed by atoms with Gasteiger partial charge in [-0.2, -0.15) is 11.3 Å². The minimum atomic E-state index is -1.77. The van der Waals surface area contributed by atoms with Gasteiger partial charge in [0.05, 0.1) is 0 Å². The molecule has 1 aliphatic carbocycles. The Bertz CT molecular complexity index is 602. The predicted octanol–water partition coefficient (Wildman–Crippen LogP) is 1.73. The lowest BCUT2D eigenvalue weighted by Gasteiger charge is -2.22. The minimum absolute atomic E-state index is 0.0567. The lowest BCUT2D eigenvalue weighted by Crippen LogP contribution is -2.34. The zero-order chi connectivity index (χ0) is 14.8. The maximum absolute atomic E-state index is 13.5. The van der Waals surface area contributed by atoms with Crippen LogP contribution in [0.2, 0.25) is 0 Å². The quantitative estimate of drug-likeness (QED) is 0.799. The van der Waals surface area contributed by atoms with E-state index in [1.54, 1.807) is 23.5 Å². The second-order valence-electron chi connectivity index (χ2n) is 5.50. The molecule has 1 heterocycles. The van der Waals surface area contributed by atoms with Gasteiger partial charge in [0, 0.05) is 24.6 Å². The molecule has 110 valence electrons. The zero-order valence-electron chi connectivity index (χ0n) is 11.6. The van der Waals surface area contributed by atoms with Crippen molar-refractivity contribution in [3.05, 3.63) is 52.0 Å². The van der Waals surface area contributed by atoms with Crippen LogP contribution >= 0.6 is 11.3 Å². The highest BCUT2D eigenvalue weighted by Crippen LogP contribution is 2.30. The molecule has 0 spiro atoms. The van der Waals surface area contributed by atoms with Gasteiger partial charge in [-0.15, -0.1) is 0 Å². The van der Waals surface area contributed by atoms with Gasteiger partial charge in [-0.3, -0.25) is 4.90 Å². The summed E-state index contributed by atoms with van der Waals surface area (Å²) in [4.78, 5) is 2.36. The molecule has 0 unspecified atom stereocenters. The maximum atomic E-state index is 13.5. The Kier molecular flexibility index (Phi) is 4.40. The van der Waals surface area contributed by atoms with Crippen LogP contribution in [0.25, 0.3) is 0 Å². The van der Waals surface area contributed by atoms with Gasteiger partial charge in [0.25, 0.3) is 0 Å². The number of thiophene rings is 1. The third-order valence-corrected chi connectivity index (χ3v) is 4.49. The van der Waals surface area contributed by atoms with Gasteiger partial charge in [-0.05, 0) is 46.9 Å². The van der Waals surface area contributed by atoms with E-state index in [1.165, 1.54) is 24.5 Å². The van der Waals surface area contributed by atoms with E-state index >= 15 is 0 Å².